The van der Waals surface area contributed by atoms with E-state index in [0.717, 1.165) is 17.7 Å². The maximum absolute atomic E-state index is 11.4. The Morgan fingerprint density at radius 1 is 1.23 bits per heavy atom. The maximum atomic E-state index is 11.4. The first-order valence-corrected chi connectivity index (χ1v) is 13.4. The van der Waals surface area contributed by atoms with E-state index in [1.807, 2.05) is 36.4 Å². The molecule has 2 rings (SSSR count). The van der Waals surface area contributed by atoms with Crippen molar-refractivity contribution in [1.82, 2.24) is 5.16 Å². The molecule has 0 amide bonds. The Morgan fingerprint density at radius 3 is 2.53 bits per heavy atom. The smallest absolute Gasteiger partial charge is 0.304 e. The standard InChI is InChI=1S/C23H35NO5Si/c1-23(2,3)22(29-30(4)5)19-15-20(28-24-19)18(14-21(25)26)12-9-13-27-16-17-10-7-6-8-11-17/h6-8,10-11,15,18,22,30H,9,12-14,16H2,1-5H3,(H,25,26)/t18-,22?/m0/s1. The Bertz CT molecular complexity index is 769. The molecule has 0 aliphatic carbocycles. The van der Waals surface area contributed by atoms with E-state index >= 15 is 0 Å². The summed E-state index contributed by atoms with van der Waals surface area (Å²) in [6.07, 6.45) is 1.25. The van der Waals surface area contributed by atoms with Gasteiger partial charge in [0.2, 0.25) is 0 Å². The number of ether oxygens (including phenoxy) is 1. The fourth-order valence-corrected chi connectivity index (χ4v) is 4.45. The van der Waals surface area contributed by atoms with Crippen LogP contribution in [0.15, 0.2) is 40.9 Å². The molecule has 0 fully saturated rings. The highest BCUT2D eigenvalue weighted by Gasteiger charge is 2.32. The van der Waals surface area contributed by atoms with Crippen LogP contribution in [0.2, 0.25) is 13.1 Å². The molecule has 0 aliphatic heterocycles. The number of carbonyl (C=O) groups is 1. The maximum Gasteiger partial charge on any atom is 0.304 e. The second-order valence-corrected chi connectivity index (χ2v) is 11.4. The summed E-state index contributed by atoms with van der Waals surface area (Å²) in [5.74, 6) is -0.471. The normalized spacial score (nSPS) is 14.1. The summed E-state index contributed by atoms with van der Waals surface area (Å²) in [5.41, 5.74) is 1.75. The van der Waals surface area contributed by atoms with Gasteiger partial charge in [0.1, 0.15) is 11.5 Å². The third-order valence-corrected chi connectivity index (χ3v) is 5.60. The lowest BCUT2D eigenvalue weighted by Crippen LogP contribution is -2.26. The molecule has 1 heterocycles. The van der Waals surface area contributed by atoms with Crippen molar-refractivity contribution in [3.8, 4) is 0 Å². The van der Waals surface area contributed by atoms with Crippen molar-refractivity contribution in [2.75, 3.05) is 6.61 Å². The van der Waals surface area contributed by atoms with E-state index in [1.54, 1.807) is 0 Å². The second-order valence-electron chi connectivity index (χ2n) is 9.06. The molecule has 0 saturated carbocycles. The van der Waals surface area contributed by atoms with Gasteiger partial charge in [0.25, 0.3) is 0 Å². The van der Waals surface area contributed by atoms with Gasteiger partial charge >= 0.3 is 5.97 Å². The molecule has 0 aliphatic rings. The highest BCUT2D eigenvalue weighted by Crippen LogP contribution is 2.37. The number of benzene rings is 1. The molecule has 1 N–H and O–H groups in total. The van der Waals surface area contributed by atoms with Gasteiger partial charge in [0, 0.05) is 18.6 Å². The highest BCUT2D eigenvalue weighted by molar-refractivity contribution is 6.48. The minimum absolute atomic E-state index is 0.00723. The number of carboxylic acid groups (broad SMARTS) is 1. The van der Waals surface area contributed by atoms with E-state index in [0.29, 0.717) is 25.4 Å². The SMILES string of the molecule is C[SiH](C)OC(c1cc([C@@H](CCCOCc2ccccc2)CC(=O)O)on1)C(C)(C)C. The van der Waals surface area contributed by atoms with Crippen molar-refractivity contribution in [2.45, 2.75) is 71.8 Å². The molecule has 1 unspecified atom stereocenters. The van der Waals surface area contributed by atoms with Crippen LogP contribution in [0, 0.1) is 5.41 Å². The van der Waals surface area contributed by atoms with Gasteiger partial charge in [-0.05, 0) is 36.9 Å². The Kier molecular flexibility index (Phi) is 9.26. The van der Waals surface area contributed by atoms with Crippen LogP contribution in [0.4, 0.5) is 0 Å². The highest BCUT2D eigenvalue weighted by atomic mass is 28.3. The summed E-state index contributed by atoms with van der Waals surface area (Å²) in [6, 6.07) is 11.9. The first-order chi connectivity index (χ1) is 14.2. The van der Waals surface area contributed by atoms with E-state index in [-0.39, 0.29) is 23.9 Å². The van der Waals surface area contributed by atoms with Crippen LogP contribution in [0.25, 0.3) is 0 Å². The van der Waals surface area contributed by atoms with Crippen LogP contribution in [-0.4, -0.2) is 31.9 Å². The molecule has 1 aromatic carbocycles. The predicted octanol–water partition coefficient (Wildman–Crippen LogP) is 5.32. The average Bonchev–Trinajstić information content (AvgIpc) is 3.14. The Morgan fingerprint density at radius 2 is 1.93 bits per heavy atom. The Hall–Kier alpha value is -1.96. The van der Waals surface area contributed by atoms with E-state index in [4.69, 9.17) is 13.7 Å². The lowest BCUT2D eigenvalue weighted by Gasteiger charge is -2.30. The quantitative estimate of drug-likeness (QED) is 0.360. The van der Waals surface area contributed by atoms with Crippen LogP contribution in [0.3, 0.4) is 0 Å². The Labute approximate surface area is 181 Å². The first-order valence-electron chi connectivity index (χ1n) is 10.6. The molecule has 6 nitrogen and oxygen atoms in total. The van der Waals surface area contributed by atoms with Crippen molar-refractivity contribution in [3.63, 3.8) is 0 Å². The van der Waals surface area contributed by atoms with Crippen molar-refractivity contribution in [2.24, 2.45) is 5.41 Å². The van der Waals surface area contributed by atoms with Gasteiger partial charge in [0.15, 0.2) is 9.04 Å². The van der Waals surface area contributed by atoms with Gasteiger partial charge < -0.3 is 18.8 Å². The largest absolute Gasteiger partial charge is 0.481 e. The van der Waals surface area contributed by atoms with Crippen LogP contribution < -0.4 is 0 Å². The molecular weight excluding hydrogens is 398 g/mol. The van der Waals surface area contributed by atoms with Crippen LogP contribution >= 0.6 is 0 Å². The van der Waals surface area contributed by atoms with E-state index in [9.17, 15) is 9.90 Å². The fraction of sp³-hybridized carbons (Fsp3) is 0.565. The van der Waals surface area contributed by atoms with Gasteiger partial charge in [0.05, 0.1) is 19.1 Å². The number of aliphatic carboxylic acids is 1. The van der Waals surface area contributed by atoms with Gasteiger partial charge in [-0.2, -0.15) is 0 Å². The molecule has 7 heteroatoms. The summed E-state index contributed by atoms with van der Waals surface area (Å²) in [7, 11) is -1.28. The summed E-state index contributed by atoms with van der Waals surface area (Å²) in [5, 5.41) is 13.6. The summed E-state index contributed by atoms with van der Waals surface area (Å²) in [6.45, 7) is 11.7. The molecule has 30 heavy (non-hydrogen) atoms. The molecule has 0 bridgehead atoms. The third kappa shape index (κ3) is 8.05. The second kappa shape index (κ2) is 11.4. The van der Waals surface area contributed by atoms with Gasteiger partial charge in [-0.15, -0.1) is 0 Å². The minimum atomic E-state index is -1.28. The third-order valence-electron chi connectivity index (χ3n) is 4.79. The van der Waals surface area contributed by atoms with Crippen LogP contribution in [-0.2, 0) is 20.6 Å². The van der Waals surface area contributed by atoms with Crippen LogP contribution in [0.5, 0.6) is 0 Å². The lowest BCUT2D eigenvalue weighted by atomic mass is 9.86. The van der Waals surface area contributed by atoms with Crippen molar-refractivity contribution >= 4 is 15.0 Å². The zero-order valence-corrected chi connectivity index (χ0v) is 19.9. The van der Waals surface area contributed by atoms with E-state index in [1.165, 1.54) is 0 Å². The molecule has 1 aromatic heterocycles. The minimum Gasteiger partial charge on any atom is -0.481 e. The lowest BCUT2D eigenvalue weighted by molar-refractivity contribution is -0.137. The summed E-state index contributed by atoms with van der Waals surface area (Å²) < 4.78 is 17.5. The molecule has 166 valence electrons. The Balaban J connectivity index is 1.98. The molecule has 2 atom stereocenters. The van der Waals surface area contributed by atoms with E-state index in [2.05, 4.69) is 39.0 Å². The zero-order valence-electron chi connectivity index (χ0n) is 18.8. The molecule has 2 aromatic rings. The number of hydrogen-bond donors (Lipinski definition) is 1. The monoisotopic (exact) mass is 433 g/mol. The molecule has 0 radical (unpaired) electrons. The van der Waals surface area contributed by atoms with E-state index < -0.39 is 15.0 Å². The fourth-order valence-electron chi connectivity index (χ4n) is 3.36. The molecule has 0 saturated heterocycles. The number of rotatable bonds is 12. The number of carboxylic acids is 1. The summed E-state index contributed by atoms with van der Waals surface area (Å²) in [4.78, 5) is 11.4. The number of aromatic nitrogens is 1. The molecular formula is C23H35NO5Si. The first kappa shape index (κ1) is 24.3. The summed E-state index contributed by atoms with van der Waals surface area (Å²) >= 11 is 0. The van der Waals surface area contributed by atoms with Gasteiger partial charge in [-0.1, -0.05) is 56.3 Å². The number of nitrogens with zero attached hydrogens (tertiary/aromatic N) is 1. The molecule has 0 spiro atoms. The van der Waals surface area contributed by atoms with Crippen molar-refractivity contribution < 1.29 is 23.6 Å². The van der Waals surface area contributed by atoms with Gasteiger partial charge in [-0.3, -0.25) is 4.79 Å². The van der Waals surface area contributed by atoms with Gasteiger partial charge in [-0.25, -0.2) is 0 Å². The predicted molar refractivity (Wildman–Crippen MR) is 119 cm³/mol. The topological polar surface area (TPSA) is 81.8 Å². The van der Waals surface area contributed by atoms with Crippen molar-refractivity contribution in [3.05, 3.63) is 53.4 Å². The average molecular weight is 434 g/mol. The zero-order chi connectivity index (χ0) is 22.1. The van der Waals surface area contributed by atoms with Crippen molar-refractivity contribution in [1.29, 1.82) is 0 Å². The van der Waals surface area contributed by atoms with Crippen LogP contribution in [0.1, 0.15) is 69.1 Å². The number of hydrogen-bond acceptors (Lipinski definition) is 5.